The summed E-state index contributed by atoms with van der Waals surface area (Å²) in [6.07, 6.45) is 0.186. The molecular weight excluding hydrogens is 555 g/mol. The number of thiophene rings is 1. The van der Waals surface area contributed by atoms with Crippen LogP contribution in [0, 0.1) is 0 Å². The molecule has 35 heavy (non-hydrogen) atoms. The first kappa shape index (κ1) is 26.3. The number of carbonyl (C=O) groups is 3. The molecule has 1 aromatic heterocycles. The summed E-state index contributed by atoms with van der Waals surface area (Å²) in [5, 5.41) is 4.23. The number of rotatable bonds is 9. The number of fused-ring (bicyclic) bond motifs is 1. The molecule has 1 aromatic carbocycles. The van der Waals surface area contributed by atoms with Crippen LogP contribution in [0.5, 0.6) is 0 Å². The van der Waals surface area contributed by atoms with Gasteiger partial charge in [-0.1, -0.05) is 71.2 Å². The minimum atomic E-state index is -1.79. The lowest BCUT2D eigenvalue weighted by Gasteiger charge is -2.49. The summed E-state index contributed by atoms with van der Waals surface area (Å²) in [5.41, 5.74) is 1.64. The van der Waals surface area contributed by atoms with Gasteiger partial charge in [0, 0.05) is 10.6 Å². The normalized spacial score (nSPS) is 19.7. The number of esters is 1. The number of nitrogens with one attached hydrogen (secondary N) is 1. The third-order valence-corrected chi connectivity index (χ3v) is 7.77. The Morgan fingerprint density at radius 1 is 1.11 bits per heavy atom. The Hall–Kier alpha value is -1.75. The highest BCUT2D eigenvalue weighted by atomic mass is 35.6. The van der Waals surface area contributed by atoms with Crippen LogP contribution in [0.1, 0.15) is 10.4 Å². The van der Waals surface area contributed by atoms with Gasteiger partial charge >= 0.3 is 5.97 Å². The monoisotopic (exact) mass is 574 g/mol. The van der Waals surface area contributed by atoms with E-state index in [1.54, 1.807) is 0 Å². The summed E-state index contributed by atoms with van der Waals surface area (Å²) in [7, 11) is 0. The van der Waals surface area contributed by atoms with Gasteiger partial charge in [0.25, 0.3) is 5.91 Å². The molecular formula is C23H21Cl3N2O5S2. The van der Waals surface area contributed by atoms with Gasteiger partial charge in [0.2, 0.25) is 9.70 Å². The number of β-lactam (4-membered cyclic amide) rings is 1. The quantitative estimate of drug-likeness (QED) is 0.276. The number of nitrogens with zero attached hydrogens (tertiary/aromatic N) is 1. The average molecular weight is 576 g/mol. The van der Waals surface area contributed by atoms with E-state index in [1.165, 1.54) is 28.0 Å². The van der Waals surface area contributed by atoms with Crippen molar-refractivity contribution in [2.45, 2.75) is 28.2 Å². The van der Waals surface area contributed by atoms with Gasteiger partial charge in [-0.3, -0.25) is 14.5 Å². The molecule has 2 aliphatic rings. The van der Waals surface area contributed by atoms with Crippen molar-refractivity contribution in [1.82, 2.24) is 10.2 Å². The average Bonchev–Trinajstić information content (AvgIpc) is 3.33. The number of halogens is 3. The number of benzene rings is 1. The van der Waals surface area contributed by atoms with Crippen molar-refractivity contribution in [2.75, 3.05) is 19.0 Å². The molecule has 4 rings (SSSR count). The lowest BCUT2D eigenvalue weighted by Crippen LogP contribution is -2.70. The van der Waals surface area contributed by atoms with Gasteiger partial charge in [0.15, 0.2) is 0 Å². The third-order valence-electron chi connectivity index (χ3n) is 5.23. The maximum Gasteiger partial charge on any atom is 0.355 e. The van der Waals surface area contributed by atoms with E-state index in [-0.39, 0.29) is 24.6 Å². The minimum Gasteiger partial charge on any atom is -0.456 e. The molecule has 2 aromatic rings. The molecule has 3 heterocycles. The number of thioether (sulfide) groups is 1. The van der Waals surface area contributed by atoms with Crippen LogP contribution in [0.15, 0.2) is 59.1 Å². The van der Waals surface area contributed by atoms with E-state index in [0.29, 0.717) is 17.9 Å². The van der Waals surface area contributed by atoms with Gasteiger partial charge in [-0.05, 0) is 22.6 Å². The van der Waals surface area contributed by atoms with Crippen molar-refractivity contribution < 1.29 is 23.9 Å². The Bertz CT molecular complexity index is 1110. The molecule has 0 spiro atoms. The molecule has 12 heteroatoms. The van der Waals surface area contributed by atoms with Crippen molar-refractivity contribution in [3.05, 3.63) is 69.6 Å². The maximum atomic E-state index is 13.0. The van der Waals surface area contributed by atoms with Crippen LogP contribution in [0.2, 0.25) is 0 Å². The van der Waals surface area contributed by atoms with Gasteiger partial charge in [-0.25, -0.2) is 4.79 Å². The molecule has 0 bridgehead atoms. The number of ether oxygens (including phenoxy) is 2. The van der Waals surface area contributed by atoms with Crippen molar-refractivity contribution in [2.24, 2.45) is 0 Å². The van der Waals surface area contributed by atoms with Crippen LogP contribution in [-0.2, 0) is 36.9 Å². The second-order valence-electron chi connectivity index (χ2n) is 7.83. The largest absolute Gasteiger partial charge is 0.456 e. The van der Waals surface area contributed by atoms with Crippen LogP contribution in [0.25, 0.3) is 0 Å². The summed E-state index contributed by atoms with van der Waals surface area (Å²) in [4.78, 5) is 40.7. The number of hydrogen-bond acceptors (Lipinski definition) is 7. The molecule has 2 aliphatic heterocycles. The standard InChI is InChI=1S/C23H21Cl3N2O5S2/c24-23(25,26)13-33-22(31)19-15(11-32-10-14-5-2-1-3-6-14)12-35-21-18(20(30)28(19)21)27-17(29)9-16-7-4-8-34-16/h1-8,18,21H,9-13H2,(H,27,29)/t18?,21-/m0/s1. The van der Waals surface area contributed by atoms with Crippen LogP contribution in [-0.4, -0.2) is 56.9 Å². The van der Waals surface area contributed by atoms with Gasteiger partial charge in [-0.2, -0.15) is 0 Å². The van der Waals surface area contributed by atoms with Crippen molar-refractivity contribution >= 4 is 75.7 Å². The SMILES string of the molecule is O=C(Cc1cccs1)NC1C(=O)N2C(C(=O)OCC(Cl)(Cl)Cl)=C(COCc3ccccc3)CS[C@@H]12. The summed E-state index contributed by atoms with van der Waals surface area (Å²) in [5.74, 6) is -1.02. The molecule has 2 atom stereocenters. The molecule has 1 fully saturated rings. The second-order valence-corrected chi connectivity index (χ2v) is 12.5. The molecule has 1 saturated heterocycles. The zero-order valence-corrected chi connectivity index (χ0v) is 22.1. The summed E-state index contributed by atoms with van der Waals surface area (Å²) >= 11 is 20.1. The van der Waals surface area contributed by atoms with E-state index in [4.69, 9.17) is 44.3 Å². The zero-order valence-electron chi connectivity index (χ0n) is 18.2. The van der Waals surface area contributed by atoms with E-state index < -0.39 is 33.7 Å². The fraction of sp³-hybridized carbons (Fsp3) is 0.348. The lowest BCUT2D eigenvalue weighted by molar-refractivity contribution is -0.153. The predicted molar refractivity (Wildman–Crippen MR) is 137 cm³/mol. The molecule has 0 saturated carbocycles. The molecule has 7 nitrogen and oxygen atoms in total. The summed E-state index contributed by atoms with van der Waals surface area (Å²) in [6.45, 7) is -0.0186. The first-order valence-electron chi connectivity index (χ1n) is 10.6. The van der Waals surface area contributed by atoms with Crippen molar-refractivity contribution in [3.63, 3.8) is 0 Å². The Balaban J connectivity index is 1.46. The van der Waals surface area contributed by atoms with E-state index in [1.807, 2.05) is 47.8 Å². The van der Waals surface area contributed by atoms with Crippen LogP contribution in [0.3, 0.4) is 0 Å². The van der Waals surface area contributed by atoms with E-state index in [2.05, 4.69) is 5.32 Å². The fourth-order valence-corrected chi connectivity index (χ4v) is 5.86. The highest BCUT2D eigenvalue weighted by Gasteiger charge is 2.54. The highest BCUT2D eigenvalue weighted by molar-refractivity contribution is 8.00. The van der Waals surface area contributed by atoms with E-state index in [0.717, 1.165) is 10.4 Å². The first-order valence-corrected chi connectivity index (χ1v) is 13.6. The molecule has 0 aliphatic carbocycles. The van der Waals surface area contributed by atoms with Gasteiger partial charge in [-0.15, -0.1) is 23.1 Å². The second kappa shape index (κ2) is 11.5. The Morgan fingerprint density at radius 3 is 2.57 bits per heavy atom. The Morgan fingerprint density at radius 2 is 1.89 bits per heavy atom. The first-order chi connectivity index (χ1) is 16.7. The topological polar surface area (TPSA) is 84.9 Å². The smallest absolute Gasteiger partial charge is 0.355 e. The third kappa shape index (κ3) is 6.72. The van der Waals surface area contributed by atoms with Gasteiger partial charge in [0.1, 0.15) is 23.7 Å². The molecule has 1 N–H and O–H groups in total. The zero-order chi connectivity index (χ0) is 25.0. The fourth-order valence-electron chi connectivity index (χ4n) is 3.66. The van der Waals surface area contributed by atoms with Gasteiger partial charge < -0.3 is 14.8 Å². The van der Waals surface area contributed by atoms with Crippen LogP contribution >= 0.6 is 57.9 Å². The predicted octanol–water partition coefficient (Wildman–Crippen LogP) is 4.07. The van der Waals surface area contributed by atoms with E-state index in [9.17, 15) is 14.4 Å². The summed E-state index contributed by atoms with van der Waals surface area (Å²) in [6, 6.07) is 12.6. The lowest BCUT2D eigenvalue weighted by atomic mass is 10.0. The molecule has 2 amide bonds. The Kier molecular flexibility index (Phi) is 8.67. The molecule has 0 radical (unpaired) electrons. The van der Waals surface area contributed by atoms with Crippen LogP contribution < -0.4 is 5.32 Å². The number of amides is 2. The molecule has 186 valence electrons. The highest BCUT2D eigenvalue weighted by Crippen LogP contribution is 2.41. The number of alkyl halides is 3. The van der Waals surface area contributed by atoms with Crippen molar-refractivity contribution in [1.29, 1.82) is 0 Å². The van der Waals surface area contributed by atoms with Gasteiger partial charge in [0.05, 0.1) is 19.6 Å². The number of carbonyl (C=O) groups excluding carboxylic acids is 3. The van der Waals surface area contributed by atoms with Crippen LogP contribution in [0.4, 0.5) is 0 Å². The summed E-state index contributed by atoms with van der Waals surface area (Å²) < 4.78 is 9.21. The Labute approximate surface area is 225 Å². The minimum absolute atomic E-state index is 0.0739. The molecule has 1 unspecified atom stereocenters. The van der Waals surface area contributed by atoms with Crippen molar-refractivity contribution in [3.8, 4) is 0 Å². The number of hydrogen-bond donors (Lipinski definition) is 1. The maximum absolute atomic E-state index is 13.0. The van der Waals surface area contributed by atoms with E-state index >= 15 is 0 Å².